The number of ether oxygens (including phenoxy) is 2. The number of anilines is 1. The molecule has 2 rings (SSSR count). The Bertz CT molecular complexity index is 474. The number of rotatable bonds is 6. The van der Waals surface area contributed by atoms with Crippen LogP contribution in [-0.2, 0) is 9.53 Å². The van der Waals surface area contributed by atoms with E-state index in [1.54, 1.807) is 13.3 Å². The number of carbonyl (C=O) groups is 1. The van der Waals surface area contributed by atoms with Gasteiger partial charge in [-0.05, 0) is 31.1 Å². The lowest BCUT2D eigenvalue weighted by Crippen LogP contribution is -2.25. The third-order valence-electron chi connectivity index (χ3n) is 3.04. The molecule has 0 fully saturated rings. The third kappa shape index (κ3) is 4.50. The first-order valence-corrected chi connectivity index (χ1v) is 6.75. The molecule has 0 aromatic heterocycles. The summed E-state index contributed by atoms with van der Waals surface area (Å²) >= 11 is 0. The van der Waals surface area contributed by atoms with Gasteiger partial charge in [0.25, 0.3) is 5.91 Å². The van der Waals surface area contributed by atoms with Gasteiger partial charge in [0.05, 0.1) is 12.8 Å². The first-order chi connectivity index (χ1) is 9.78. The Labute approximate surface area is 119 Å². The molecule has 108 valence electrons. The van der Waals surface area contributed by atoms with Crippen LogP contribution >= 0.6 is 0 Å². The summed E-state index contributed by atoms with van der Waals surface area (Å²) in [6.45, 7) is 0.778. The van der Waals surface area contributed by atoms with Gasteiger partial charge in [-0.2, -0.15) is 0 Å². The zero-order valence-electron chi connectivity index (χ0n) is 11.6. The van der Waals surface area contributed by atoms with E-state index in [0.717, 1.165) is 25.1 Å². The molecule has 0 spiro atoms. The fourth-order valence-corrected chi connectivity index (χ4v) is 1.88. The van der Waals surface area contributed by atoms with Crippen LogP contribution in [0.4, 0.5) is 5.69 Å². The molecular formula is C15H20N2O3. The van der Waals surface area contributed by atoms with Gasteiger partial charge in [-0.15, -0.1) is 0 Å². The minimum absolute atomic E-state index is 0.0243. The number of carbonyl (C=O) groups excluding carboxylic acids is 1. The molecule has 1 amide bonds. The van der Waals surface area contributed by atoms with Crippen molar-refractivity contribution in [1.29, 1.82) is 0 Å². The first-order valence-electron chi connectivity index (χ1n) is 6.75. The average Bonchev–Trinajstić information content (AvgIpc) is 2.52. The van der Waals surface area contributed by atoms with E-state index in [2.05, 4.69) is 10.6 Å². The van der Waals surface area contributed by atoms with Crippen LogP contribution in [0, 0.1) is 0 Å². The first kappa shape index (κ1) is 14.2. The second-order valence-electron chi connectivity index (χ2n) is 4.58. The van der Waals surface area contributed by atoms with Crippen LogP contribution in [-0.4, -0.2) is 32.2 Å². The van der Waals surface area contributed by atoms with E-state index in [9.17, 15) is 4.79 Å². The fourth-order valence-electron chi connectivity index (χ4n) is 1.88. The summed E-state index contributed by atoms with van der Waals surface area (Å²) in [5, 5.41) is 5.83. The van der Waals surface area contributed by atoms with Crippen molar-refractivity contribution in [2.45, 2.75) is 18.9 Å². The molecule has 5 heteroatoms. The van der Waals surface area contributed by atoms with Crippen molar-refractivity contribution in [3.05, 3.63) is 36.6 Å². The summed E-state index contributed by atoms with van der Waals surface area (Å²) in [5.41, 5.74) is 0.956. The van der Waals surface area contributed by atoms with Crippen LogP contribution in [0.1, 0.15) is 12.8 Å². The molecule has 0 radical (unpaired) electrons. The Morgan fingerprint density at radius 1 is 1.50 bits per heavy atom. The second-order valence-corrected chi connectivity index (χ2v) is 4.58. The normalized spacial score (nSPS) is 17.1. The van der Waals surface area contributed by atoms with Crippen molar-refractivity contribution in [2.75, 3.05) is 25.5 Å². The van der Waals surface area contributed by atoms with E-state index in [0.29, 0.717) is 5.75 Å². The van der Waals surface area contributed by atoms with Crippen LogP contribution in [0.15, 0.2) is 36.6 Å². The van der Waals surface area contributed by atoms with Gasteiger partial charge in [0.15, 0.2) is 6.61 Å². The summed E-state index contributed by atoms with van der Waals surface area (Å²) in [6.07, 6.45) is 6.08. The molecule has 5 nitrogen and oxygen atoms in total. The Morgan fingerprint density at radius 3 is 3.15 bits per heavy atom. The highest BCUT2D eigenvalue weighted by atomic mass is 16.5. The lowest BCUT2D eigenvalue weighted by molar-refractivity contribution is -0.122. The number of hydrogen-bond acceptors (Lipinski definition) is 4. The lowest BCUT2D eigenvalue weighted by Gasteiger charge is -2.20. The van der Waals surface area contributed by atoms with Crippen molar-refractivity contribution < 1.29 is 14.3 Å². The smallest absolute Gasteiger partial charge is 0.257 e. The molecule has 0 bridgehead atoms. The van der Waals surface area contributed by atoms with E-state index in [4.69, 9.17) is 9.47 Å². The number of amides is 1. The third-order valence-corrected chi connectivity index (χ3v) is 3.04. The molecule has 0 saturated heterocycles. The Balaban J connectivity index is 1.82. The maximum Gasteiger partial charge on any atom is 0.257 e. The van der Waals surface area contributed by atoms with Gasteiger partial charge in [-0.25, -0.2) is 0 Å². The molecule has 1 heterocycles. The van der Waals surface area contributed by atoms with E-state index < -0.39 is 0 Å². The predicted octanol–water partition coefficient (Wildman–Crippen LogP) is 1.92. The van der Waals surface area contributed by atoms with Crippen molar-refractivity contribution in [2.24, 2.45) is 0 Å². The van der Waals surface area contributed by atoms with Gasteiger partial charge in [0.1, 0.15) is 11.9 Å². The molecule has 1 aliphatic heterocycles. The van der Waals surface area contributed by atoms with Crippen LogP contribution < -0.4 is 15.4 Å². The molecule has 1 aromatic rings. The van der Waals surface area contributed by atoms with Gasteiger partial charge < -0.3 is 20.1 Å². The monoisotopic (exact) mass is 276 g/mol. The highest BCUT2D eigenvalue weighted by Crippen LogP contribution is 2.18. The molecule has 1 aromatic carbocycles. The molecular weight excluding hydrogens is 256 g/mol. The Hall–Kier alpha value is -2.17. The summed E-state index contributed by atoms with van der Waals surface area (Å²) in [6, 6.07) is 7.56. The summed E-state index contributed by atoms with van der Waals surface area (Å²) < 4.78 is 10.9. The predicted molar refractivity (Wildman–Crippen MR) is 77.7 cm³/mol. The quantitative estimate of drug-likeness (QED) is 0.833. The van der Waals surface area contributed by atoms with Gasteiger partial charge in [-0.1, -0.05) is 6.07 Å². The van der Waals surface area contributed by atoms with Gasteiger partial charge in [0, 0.05) is 18.8 Å². The number of likely N-dealkylation sites (N-methyl/N-ethyl adjacent to an activating group) is 1. The van der Waals surface area contributed by atoms with E-state index >= 15 is 0 Å². The average molecular weight is 276 g/mol. The Kier molecular flexibility index (Phi) is 5.29. The minimum atomic E-state index is -0.147. The van der Waals surface area contributed by atoms with Crippen LogP contribution in [0.3, 0.4) is 0 Å². The van der Waals surface area contributed by atoms with Gasteiger partial charge in [-0.3, -0.25) is 4.79 Å². The fraction of sp³-hybridized carbons (Fsp3) is 0.400. The zero-order chi connectivity index (χ0) is 14.2. The van der Waals surface area contributed by atoms with E-state index in [-0.39, 0.29) is 18.6 Å². The summed E-state index contributed by atoms with van der Waals surface area (Å²) in [4.78, 5) is 11.1. The molecule has 1 aliphatic rings. The van der Waals surface area contributed by atoms with Crippen LogP contribution in [0.25, 0.3) is 0 Å². The zero-order valence-corrected chi connectivity index (χ0v) is 11.6. The van der Waals surface area contributed by atoms with Crippen molar-refractivity contribution >= 4 is 11.6 Å². The highest BCUT2D eigenvalue weighted by molar-refractivity contribution is 5.77. The Morgan fingerprint density at radius 2 is 2.40 bits per heavy atom. The lowest BCUT2D eigenvalue weighted by atomic mass is 10.1. The molecule has 1 unspecified atom stereocenters. The number of allylic oxidation sites excluding steroid dienone is 1. The van der Waals surface area contributed by atoms with Crippen molar-refractivity contribution in [1.82, 2.24) is 5.32 Å². The number of benzene rings is 1. The maximum absolute atomic E-state index is 11.1. The topological polar surface area (TPSA) is 59.6 Å². The summed E-state index contributed by atoms with van der Waals surface area (Å²) in [7, 11) is 1.59. The number of nitrogens with one attached hydrogen (secondary N) is 2. The molecule has 2 N–H and O–H groups in total. The van der Waals surface area contributed by atoms with Crippen LogP contribution in [0.5, 0.6) is 5.75 Å². The standard InChI is InChI=1S/C15H20N2O3/c1-16-15(18)11-20-13-7-4-5-12(9-13)17-10-14-6-2-3-8-19-14/h3-5,7-9,14,17H,2,6,10-11H2,1H3,(H,16,18). The molecule has 0 saturated carbocycles. The SMILES string of the molecule is CNC(=O)COc1cccc(NCC2CCC=CO2)c1. The molecule has 0 aliphatic carbocycles. The van der Waals surface area contributed by atoms with E-state index in [1.807, 2.05) is 30.3 Å². The van der Waals surface area contributed by atoms with Gasteiger partial charge >= 0.3 is 0 Å². The van der Waals surface area contributed by atoms with Crippen LogP contribution in [0.2, 0.25) is 0 Å². The largest absolute Gasteiger partial charge is 0.497 e. The number of hydrogen-bond donors (Lipinski definition) is 2. The molecule has 1 atom stereocenters. The second kappa shape index (κ2) is 7.43. The highest BCUT2D eigenvalue weighted by Gasteiger charge is 2.10. The maximum atomic E-state index is 11.1. The minimum Gasteiger partial charge on any atom is -0.497 e. The van der Waals surface area contributed by atoms with Crippen molar-refractivity contribution in [3.63, 3.8) is 0 Å². The van der Waals surface area contributed by atoms with Gasteiger partial charge in [0.2, 0.25) is 0 Å². The van der Waals surface area contributed by atoms with Crippen molar-refractivity contribution in [3.8, 4) is 5.75 Å². The van der Waals surface area contributed by atoms with E-state index in [1.165, 1.54) is 0 Å². The summed E-state index contributed by atoms with van der Waals surface area (Å²) in [5.74, 6) is 0.522. The molecule has 20 heavy (non-hydrogen) atoms.